The van der Waals surface area contributed by atoms with Crippen LogP contribution in [0.5, 0.6) is 0 Å². The molecule has 0 unspecified atom stereocenters. The van der Waals surface area contributed by atoms with Gasteiger partial charge in [-0.3, -0.25) is 4.72 Å². The van der Waals surface area contributed by atoms with Crippen LogP contribution in [0.1, 0.15) is 15.2 Å². The lowest BCUT2D eigenvalue weighted by Gasteiger charge is -2.11. The molecule has 25 heavy (non-hydrogen) atoms. The third-order valence-electron chi connectivity index (χ3n) is 3.61. The molecule has 3 aromatic rings. The number of rotatable bonds is 5. The molecule has 2 N–H and O–H groups in total. The maximum Gasteiger partial charge on any atom is 0.345 e. The highest BCUT2D eigenvalue weighted by Gasteiger charge is 2.22. The fraction of sp³-hybridized carbons (Fsp3) is 0.0556. The van der Waals surface area contributed by atoms with Crippen LogP contribution >= 0.6 is 11.3 Å². The number of hydrogen-bond donors (Lipinski definition) is 2. The summed E-state index contributed by atoms with van der Waals surface area (Å²) in [4.78, 5) is 12.1. The molecular formula is C18H15NO4S2. The number of carbonyl (C=O) groups is 1. The first-order chi connectivity index (χ1) is 11.9. The van der Waals surface area contributed by atoms with Crippen molar-refractivity contribution >= 4 is 33.0 Å². The highest BCUT2D eigenvalue weighted by molar-refractivity contribution is 7.92. The van der Waals surface area contributed by atoms with Gasteiger partial charge in [-0.2, -0.15) is 0 Å². The maximum atomic E-state index is 12.7. The molecular weight excluding hydrogens is 358 g/mol. The average Bonchev–Trinajstić information content (AvgIpc) is 2.99. The van der Waals surface area contributed by atoms with Crippen molar-refractivity contribution in [3.63, 3.8) is 0 Å². The van der Waals surface area contributed by atoms with E-state index in [0.29, 0.717) is 10.4 Å². The van der Waals surface area contributed by atoms with Crippen molar-refractivity contribution < 1.29 is 18.3 Å². The average molecular weight is 373 g/mol. The maximum absolute atomic E-state index is 12.7. The van der Waals surface area contributed by atoms with E-state index in [4.69, 9.17) is 0 Å². The van der Waals surface area contributed by atoms with Gasteiger partial charge in [0.1, 0.15) is 4.88 Å². The number of thiophene rings is 1. The molecule has 0 bridgehead atoms. The van der Waals surface area contributed by atoms with Gasteiger partial charge in [0.2, 0.25) is 0 Å². The van der Waals surface area contributed by atoms with E-state index in [1.807, 2.05) is 30.3 Å². The highest BCUT2D eigenvalue weighted by Crippen LogP contribution is 2.38. The molecule has 0 spiro atoms. The lowest BCUT2D eigenvalue weighted by atomic mass is 10.2. The monoisotopic (exact) mass is 373 g/mol. The number of anilines is 1. The number of carboxylic acid groups (broad SMARTS) is 1. The van der Waals surface area contributed by atoms with E-state index < -0.39 is 16.0 Å². The van der Waals surface area contributed by atoms with Gasteiger partial charge in [0.05, 0.1) is 15.5 Å². The van der Waals surface area contributed by atoms with Crippen LogP contribution in [0.2, 0.25) is 0 Å². The third kappa shape index (κ3) is 3.57. The second-order valence-electron chi connectivity index (χ2n) is 5.40. The Hall–Kier alpha value is -2.64. The highest BCUT2D eigenvalue weighted by atomic mass is 32.2. The third-order valence-corrected chi connectivity index (χ3v) is 6.30. The number of aryl methyl sites for hydroxylation is 1. The Morgan fingerprint density at radius 2 is 1.68 bits per heavy atom. The van der Waals surface area contributed by atoms with Crippen molar-refractivity contribution in [2.75, 3.05) is 4.72 Å². The number of carboxylic acids is 1. The first-order valence-electron chi connectivity index (χ1n) is 7.39. The summed E-state index contributed by atoms with van der Waals surface area (Å²) in [5.74, 6) is -1.09. The summed E-state index contributed by atoms with van der Waals surface area (Å²) in [5, 5.41) is 9.26. The Balaban J connectivity index is 2.08. The van der Waals surface area contributed by atoms with Crippen molar-refractivity contribution in [2.45, 2.75) is 11.8 Å². The van der Waals surface area contributed by atoms with Crippen LogP contribution in [-0.2, 0) is 10.0 Å². The number of sulfonamides is 1. The van der Waals surface area contributed by atoms with Crippen LogP contribution in [0, 0.1) is 6.92 Å². The first kappa shape index (κ1) is 17.2. The number of hydrogen-bond acceptors (Lipinski definition) is 4. The smallest absolute Gasteiger partial charge is 0.345 e. The fourth-order valence-electron chi connectivity index (χ4n) is 2.43. The summed E-state index contributed by atoms with van der Waals surface area (Å²) < 4.78 is 28.0. The van der Waals surface area contributed by atoms with Crippen molar-refractivity contribution in [1.82, 2.24) is 0 Å². The zero-order valence-corrected chi connectivity index (χ0v) is 14.9. The van der Waals surface area contributed by atoms with Gasteiger partial charge in [-0.15, -0.1) is 11.3 Å². The summed E-state index contributed by atoms with van der Waals surface area (Å²) in [6, 6.07) is 17.1. The van der Waals surface area contributed by atoms with Crippen LogP contribution in [0.25, 0.3) is 10.4 Å². The molecule has 0 aliphatic carbocycles. The van der Waals surface area contributed by atoms with Crippen LogP contribution < -0.4 is 4.72 Å². The molecule has 5 nitrogen and oxygen atoms in total. The molecule has 0 amide bonds. The van der Waals surface area contributed by atoms with Gasteiger partial charge in [0.25, 0.3) is 10.0 Å². The normalized spacial score (nSPS) is 11.2. The summed E-state index contributed by atoms with van der Waals surface area (Å²) in [6.07, 6.45) is 0. The van der Waals surface area contributed by atoms with E-state index in [0.717, 1.165) is 16.9 Å². The van der Waals surface area contributed by atoms with Gasteiger partial charge in [0.15, 0.2) is 0 Å². The van der Waals surface area contributed by atoms with Crippen LogP contribution in [-0.4, -0.2) is 19.5 Å². The molecule has 128 valence electrons. The minimum Gasteiger partial charge on any atom is -0.477 e. The lowest BCUT2D eigenvalue weighted by molar-refractivity contribution is 0.0702. The largest absolute Gasteiger partial charge is 0.477 e. The van der Waals surface area contributed by atoms with Crippen molar-refractivity contribution in [2.24, 2.45) is 0 Å². The first-order valence-corrected chi connectivity index (χ1v) is 9.69. The SMILES string of the molecule is Cc1ccccc1S(=O)(=O)Nc1cc(C(=O)O)sc1-c1ccccc1. The molecule has 0 saturated carbocycles. The zero-order chi connectivity index (χ0) is 18.0. The Morgan fingerprint density at radius 1 is 1.04 bits per heavy atom. The van der Waals surface area contributed by atoms with E-state index in [2.05, 4.69) is 4.72 Å². The zero-order valence-electron chi connectivity index (χ0n) is 13.3. The standard InChI is InChI=1S/C18H15NO4S2/c1-12-7-5-6-10-16(12)25(22,23)19-14-11-15(18(20)21)24-17(14)13-8-3-2-4-9-13/h2-11,19H,1H3,(H,20,21). The van der Waals surface area contributed by atoms with Gasteiger partial charge in [-0.1, -0.05) is 48.5 Å². The molecule has 0 atom stereocenters. The Labute approximate surface area is 149 Å². The molecule has 0 fully saturated rings. The van der Waals surface area contributed by atoms with E-state index in [1.165, 1.54) is 12.1 Å². The number of nitrogens with one attached hydrogen (secondary N) is 1. The van der Waals surface area contributed by atoms with Crippen LogP contribution in [0.3, 0.4) is 0 Å². The Kier molecular flexibility index (Phi) is 4.61. The molecule has 1 aromatic heterocycles. The Morgan fingerprint density at radius 3 is 2.32 bits per heavy atom. The summed E-state index contributed by atoms with van der Waals surface area (Å²) in [6.45, 7) is 1.71. The second-order valence-corrected chi connectivity index (χ2v) is 8.10. The molecule has 0 saturated heterocycles. The summed E-state index contributed by atoms with van der Waals surface area (Å²) in [7, 11) is -3.82. The van der Waals surface area contributed by atoms with Gasteiger partial charge in [-0.25, -0.2) is 13.2 Å². The minimum atomic E-state index is -3.82. The minimum absolute atomic E-state index is 0.0707. The lowest BCUT2D eigenvalue weighted by Crippen LogP contribution is -2.14. The fourth-order valence-corrected chi connectivity index (χ4v) is 4.77. The quantitative estimate of drug-likeness (QED) is 0.701. The van der Waals surface area contributed by atoms with Crippen molar-refractivity contribution in [3.8, 4) is 10.4 Å². The van der Waals surface area contributed by atoms with Crippen LogP contribution in [0.15, 0.2) is 65.6 Å². The van der Waals surface area contributed by atoms with E-state index in [1.54, 1.807) is 25.1 Å². The summed E-state index contributed by atoms with van der Waals surface area (Å²) >= 11 is 1.03. The molecule has 1 heterocycles. The Bertz CT molecular complexity index is 1020. The summed E-state index contributed by atoms with van der Waals surface area (Å²) in [5.41, 5.74) is 1.63. The molecule has 0 radical (unpaired) electrons. The van der Waals surface area contributed by atoms with Crippen LogP contribution in [0.4, 0.5) is 5.69 Å². The van der Waals surface area contributed by atoms with E-state index in [-0.39, 0.29) is 15.5 Å². The van der Waals surface area contributed by atoms with Gasteiger partial charge in [-0.05, 0) is 30.2 Å². The predicted octanol–water partition coefficient (Wildman–Crippen LogP) is 4.22. The molecule has 7 heteroatoms. The molecule has 3 rings (SSSR count). The molecule has 2 aromatic carbocycles. The van der Waals surface area contributed by atoms with Crippen molar-refractivity contribution in [3.05, 3.63) is 71.1 Å². The van der Waals surface area contributed by atoms with E-state index in [9.17, 15) is 18.3 Å². The van der Waals surface area contributed by atoms with E-state index >= 15 is 0 Å². The predicted molar refractivity (Wildman–Crippen MR) is 98.7 cm³/mol. The van der Waals surface area contributed by atoms with Gasteiger partial charge >= 0.3 is 5.97 Å². The topological polar surface area (TPSA) is 83.5 Å². The number of aromatic carboxylic acids is 1. The van der Waals surface area contributed by atoms with Gasteiger partial charge in [0, 0.05) is 0 Å². The van der Waals surface area contributed by atoms with Crippen molar-refractivity contribution in [1.29, 1.82) is 0 Å². The number of benzene rings is 2. The molecule has 0 aliphatic rings. The second kappa shape index (κ2) is 6.70. The molecule has 0 aliphatic heterocycles. The van der Waals surface area contributed by atoms with Gasteiger partial charge < -0.3 is 5.11 Å².